The van der Waals surface area contributed by atoms with Crippen molar-refractivity contribution in [2.45, 2.75) is 13.2 Å². The van der Waals surface area contributed by atoms with Gasteiger partial charge in [-0.2, -0.15) is 0 Å². The van der Waals surface area contributed by atoms with Crippen molar-refractivity contribution in [1.29, 1.82) is 5.41 Å². The van der Waals surface area contributed by atoms with Crippen molar-refractivity contribution in [3.63, 3.8) is 0 Å². The average Bonchev–Trinajstić information content (AvgIpc) is 3.18. The molecule has 11 heteroatoms. The number of guanidine groups is 1. The highest BCUT2D eigenvalue weighted by Gasteiger charge is 2.07. The van der Waals surface area contributed by atoms with Crippen LogP contribution in [-0.2, 0) is 18.0 Å². The van der Waals surface area contributed by atoms with Gasteiger partial charge in [0.15, 0.2) is 5.96 Å². The molecule has 0 aromatic carbocycles. The summed E-state index contributed by atoms with van der Waals surface area (Å²) >= 11 is 0. The highest BCUT2D eigenvalue weighted by Crippen LogP contribution is 2.17. The number of hydrogen-bond donors (Lipinski definition) is 3. The van der Waals surface area contributed by atoms with Gasteiger partial charge in [-0.15, -0.1) is 0 Å². The second-order valence-corrected chi connectivity index (χ2v) is 5.16. The number of carbonyl (C=O) groups excluding carboxylic acids is 1. The third-order valence-corrected chi connectivity index (χ3v) is 3.16. The number of alkyl carbamates (subject to hydrolysis) is 1. The molecule has 0 saturated heterocycles. The molecule has 4 N–H and O–H groups in total. The lowest BCUT2D eigenvalue weighted by atomic mass is 10.2. The van der Waals surface area contributed by atoms with E-state index in [1.54, 1.807) is 36.7 Å². The third-order valence-electron chi connectivity index (χ3n) is 3.16. The van der Waals surface area contributed by atoms with Crippen LogP contribution in [0.5, 0.6) is 6.01 Å². The molecule has 0 aliphatic heterocycles. The average molecular weight is 369 g/mol. The highest BCUT2D eigenvalue weighted by molar-refractivity contribution is 5.90. The largest absolute Gasteiger partial charge is 0.457 e. The lowest BCUT2D eigenvalue weighted by Gasteiger charge is -2.07. The number of amides is 1. The summed E-state index contributed by atoms with van der Waals surface area (Å²) in [5, 5.41) is 12.7. The molecule has 3 aromatic rings. The standard InChI is InChI=1S/C16H15N7O4/c17-14(18)22-16(24)26-8-11-2-1-3-13(21-11)10-6-19-15(20-7-10)25-9-12-4-5-27-23-12/h1-7H,8-9H2,(H4,17,18,22,24). The lowest BCUT2D eigenvalue weighted by molar-refractivity contribution is 0.143. The van der Waals surface area contributed by atoms with Crippen LogP contribution in [-0.4, -0.2) is 32.2 Å². The van der Waals surface area contributed by atoms with E-state index in [1.807, 2.05) is 5.32 Å². The van der Waals surface area contributed by atoms with Crippen molar-refractivity contribution >= 4 is 12.1 Å². The van der Waals surface area contributed by atoms with Gasteiger partial charge in [0, 0.05) is 24.0 Å². The van der Waals surface area contributed by atoms with Crippen molar-refractivity contribution in [3.05, 3.63) is 54.3 Å². The van der Waals surface area contributed by atoms with Crippen LogP contribution in [0.1, 0.15) is 11.4 Å². The Morgan fingerprint density at radius 1 is 1.19 bits per heavy atom. The van der Waals surface area contributed by atoms with E-state index in [9.17, 15) is 4.79 Å². The molecule has 0 unspecified atom stereocenters. The maximum atomic E-state index is 11.3. The number of aromatic nitrogens is 4. The fourth-order valence-corrected chi connectivity index (χ4v) is 1.98. The molecule has 0 bridgehead atoms. The van der Waals surface area contributed by atoms with Crippen LogP contribution in [0.3, 0.4) is 0 Å². The molecular formula is C16H15N7O4. The summed E-state index contributed by atoms with van der Waals surface area (Å²) in [6, 6.07) is 7.11. The molecule has 0 atom stereocenters. The van der Waals surface area contributed by atoms with E-state index in [-0.39, 0.29) is 19.2 Å². The third kappa shape index (κ3) is 5.22. The molecule has 3 rings (SSSR count). The molecule has 3 heterocycles. The van der Waals surface area contributed by atoms with Crippen LogP contribution in [0.2, 0.25) is 0 Å². The van der Waals surface area contributed by atoms with Gasteiger partial charge in [-0.1, -0.05) is 11.2 Å². The molecule has 0 spiro atoms. The second kappa shape index (κ2) is 8.38. The fraction of sp³-hybridized carbons (Fsp3) is 0.125. The van der Waals surface area contributed by atoms with E-state index >= 15 is 0 Å². The number of nitrogens with zero attached hydrogens (tertiary/aromatic N) is 4. The van der Waals surface area contributed by atoms with E-state index in [2.05, 4.69) is 20.1 Å². The van der Waals surface area contributed by atoms with E-state index in [0.29, 0.717) is 22.6 Å². The van der Waals surface area contributed by atoms with Gasteiger partial charge >= 0.3 is 12.1 Å². The van der Waals surface area contributed by atoms with Crippen molar-refractivity contribution in [2.24, 2.45) is 5.73 Å². The number of carbonyl (C=O) groups is 1. The molecule has 27 heavy (non-hydrogen) atoms. The molecule has 11 nitrogen and oxygen atoms in total. The Morgan fingerprint density at radius 3 is 2.70 bits per heavy atom. The fourth-order valence-electron chi connectivity index (χ4n) is 1.98. The summed E-state index contributed by atoms with van der Waals surface area (Å²) in [7, 11) is 0. The number of nitrogens with two attached hydrogens (primary N) is 1. The van der Waals surface area contributed by atoms with Crippen molar-refractivity contribution in [1.82, 2.24) is 25.4 Å². The van der Waals surface area contributed by atoms with Crippen molar-refractivity contribution in [2.75, 3.05) is 0 Å². The molecule has 0 saturated carbocycles. The summed E-state index contributed by atoms with van der Waals surface area (Å²) in [4.78, 5) is 24.0. The Kier molecular flexibility index (Phi) is 5.52. The Labute approximate surface area is 153 Å². The summed E-state index contributed by atoms with van der Waals surface area (Å²) < 4.78 is 15.0. The maximum Gasteiger partial charge on any atom is 0.414 e. The Hall–Kier alpha value is -4.02. The van der Waals surface area contributed by atoms with Gasteiger partial charge in [-0.25, -0.2) is 19.7 Å². The summed E-state index contributed by atoms with van der Waals surface area (Å²) in [5.41, 5.74) is 7.46. The van der Waals surface area contributed by atoms with Gasteiger partial charge in [-0.05, 0) is 12.1 Å². The van der Waals surface area contributed by atoms with E-state index in [1.165, 1.54) is 6.26 Å². The van der Waals surface area contributed by atoms with Crippen LogP contribution in [0.15, 0.2) is 47.4 Å². The first-order valence-electron chi connectivity index (χ1n) is 7.68. The quantitative estimate of drug-likeness (QED) is 0.428. The van der Waals surface area contributed by atoms with Gasteiger partial charge in [0.1, 0.15) is 25.2 Å². The molecular weight excluding hydrogens is 354 g/mol. The van der Waals surface area contributed by atoms with Gasteiger partial charge in [0.25, 0.3) is 0 Å². The minimum atomic E-state index is -0.827. The number of rotatable bonds is 6. The predicted octanol–water partition coefficient (Wildman–Crippen LogP) is 1.23. The molecule has 0 aliphatic carbocycles. The van der Waals surface area contributed by atoms with Crippen LogP contribution < -0.4 is 15.8 Å². The van der Waals surface area contributed by atoms with Crippen LogP contribution >= 0.6 is 0 Å². The summed E-state index contributed by atoms with van der Waals surface area (Å²) in [5.74, 6) is -0.496. The van der Waals surface area contributed by atoms with Crippen LogP contribution in [0.25, 0.3) is 11.3 Å². The molecule has 3 aromatic heterocycles. The molecule has 0 aliphatic rings. The Balaban J connectivity index is 1.60. The summed E-state index contributed by atoms with van der Waals surface area (Å²) in [6.45, 7) is 0.121. The van der Waals surface area contributed by atoms with E-state index in [4.69, 9.17) is 25.1 Å². The van der Waals surface area contributed by atoms with Crippen LogP contribution in [0.4, 0.5) is 4.79 Å². The number of ether oxygens (including phenoxy) is 2. The zero-order valence-electron chi connectivity index (χ0n) is 14.0. The predicted molar refractivity (Wildman–Crippen MR) is 91.3 cm³/mol. The first kappa shape index (κ1) is 17.8. The molecule has 0 radical (unpaired) electrons. The minimum absolute atomic E-state index is 0.0767. The van der Waals surface area contributed by atoms with Crippen LogP contribution in [0, 0.1) is 5.41 Å². The maximum absolute atomic E-state index is 11.3. The van der Waals surface area contributed by atoms with E-state index < -0.39 is 12.1 Å². The zero-order valence-corrected chi connectivity index (χ0v) is 14.0. The normalized spacial score (nSPS) is 10.2. The van der Waals surface area contributed by atoms with Gasteiger partial charge in [-0.3, -0.25) is 10.7 Å². The number of pyridine rings is 1. The first-order valence-corrected chi connectivity index (χ1v) is 7.68. The Bertz CT molecular complexity index is 913. The number of nitrogens with one attached hydrogen (secondary N) is 2. The van der Waals surface area contributed by atoms with Gasteiger partial charge in [0.05, 0.1) is 11.4 Å². The SMILES string of the molecule is N=C(N)NC(=O)OCc1cccc(-c2cnc(OCc3ccon3)nc2)n1. The summed E-state index contributed by atoms with van der Waals surface area (Å²) in [6.07, 6.45) is 3.77. The van der Waals surface area contributed by atoms with E-state index in [0.717, 1.165) is 0 Å². The zero-order chi connectivity index (χ0) is 19.1. The lowest BCUT2D eigenvalue weighted by Crippen LogP contribution is -2.36. The van der Waals surface area contributed by atoms with Gasteiger partial charge in [0.2, 0.25) is 0 Å². The smallest absolute Gasteiger partial charge is 0.414 e. The number of hydrogen-bond acceptors (Lipinski definition) is 9. The first-order chi connectivity index (χ1) is 13.1. The van der Waals surface area contributed by atoms with Gasteiger partial charge < -0.3 is 19.7 Å². The minimum Gasteiger partial charge on any atom is -0.457 e. The molecule has 1 amide bonds. The van der Waals surface area contributed by atoms with Crippen molar-refractivity contribution < 1.29 is 18.8 Å². The Morgan fingerprint density at radius 2 is 2.00 bits per heavy atom. The monoisotopic (exact) mass is 369 g/mol. The highest BCUT2D eigenvalue weighted by atomic mass is 16.5. The molecule has 0 fully saturated rings. The molecule has 138 valence electrons. The van der Waals surface area contributed by atoms with Crippen molar-refractivity contribution in [3.8, 4) is 17.3 Å². The second-order valence-electron chi connectivity index (χ2n) is 5.16. The topological polar surface area (TPSA) is 162 Å².